The summed E-state index contributed by atoms with van der Waals surface area (Å²) in [7, 11) is 1.65. The SMILES string of the molecule is C=CC(=O)Nc1cc(Nc2cc(N3OCCC3c3cccc(-c4cccc(C#N)c4)c3)ncn2)c(OC)cc1N1CCC(N2CCN(C3CC3)CC2)CC1. The summed E-state index contributed by atoms with van der Waals surface area (Å²) in [4.78, 5) is 35.6. The van der Waals surface area contributed by atoms with Crippen LogP contribution in [-0.4, -0.2) is 90.7 Å². The first-order valence-corrected chi connectivity index (χ1v) is 19.0. The van der Waals surface area contributed by atoms with Gasteiger partial charge in [0.25, 0.3) is 0 Å². The van der Waals surface area contributed by atoms with E-state index in [9.17, 15) is 10.1 Å². The lowest BCUT2D eigenvalue weighted by Crippen LogP contribution is -2.53. The molecular weight excluding hydrogens is 679 g/mol. The molecule has 0 bridgehead atoms. The van der Waals surface area contributed by atoms with Gasteiger partial charge in [-0.15, -0.1) is 0 Å². The maximum absolute atomic E-state index is 12.7. The molecule has 1 amide bonds. The molecule has 4 fully saturated rings. The predicted molar refractivity (Wildman–Crippen MR) is 211 cm³/mol. The van der Waals surface area contributed by atoms with E-state index in [1.807, 2.05) is 53.6 Å². The third kappa shape index (κ3) is 7.75. The molecule has 12 nitrogen and oxygen atoms in total. The van der Waals surface area contributed by atoms with E-state index in [0.717, 1.165) is 73.9 Å². The Morgan fingerprint density at radius 3 is 2.31 bits per heavy atom. The molecule has 3 saturated heterocycles. The summed E-state index contributed by atoms with van der Waals surface area (Å²) in [6, 6.07) is 25.3. The molecule has 0 radical (unpaired) electrons. The molecule has 1 aromatic heterocycles. The summed E-state index contributed by atoms with van der Waals surface area (Å²) < 4.78 is 5.92. The van der Waals surface area contributed by atoms with Crippen LogP contribution in [0.15, 0.2) is 85.7 Å². The van der Waals surface area contributed by atoms with Crippen LogP contribution >= 0.6 is 0 Å². The fourth-order valence-corrected chi connectivity index (χ4v) is 8.13. The van der Waals surface area contributed by atoms with Gasteiger partial charge in [-0.3, -0.25) is 19.4 Å². The monoisotopic (exact) mass is 725 g/mol. The molecule has 1 saturated carbocycles. The molecule has 278 valence electrons. The summed E-state index contributed by atoms with van der Waals surface area (Å²) in [6.45, 7) is 10.7. The smallest absolute Gasteiger partial charge is 0.247 e. The van der Waals surface area contributed by atoms with Crippen LogP contribution in [0.25, 0.3) is 11.1 Å². The molecule has 3 aromatic carbocycles. The van der Waals surface area contributed by atoms with Gasteiger partial charge in [0.1, 0.15) is 17.9 Å². The van der Waals surface area contributed by atoms with E-state index >= 15 is 0 Å². The largest absolute Gasteiger partial charge is 0.494 e. The van der Waals surface area contributed by atoms with E-state index in [0.29, 0.717) is 47.0 Å². The minimum atomic E-state index is -0.279. The molecular formula is C42H47N9O3. The Morgan fingerprint density at radius 2 is 1.61 bits per heavy atom. The Balaban J connectivity index is 0.993. The number of carbonyl (C=O) groups is 1. The summed E-state index contributed by atoms with van der Waals surface area (Å²) in [6.07, 6.45) is 8.46. The maximum Gasteiger partial charge on any atom is 0.247 e. The number of carbonyl (C=O) groups excluding carboxylic acids is 1. The second-order valence-electron chi connectivity index (χ2n) is 14.5. The first-order chi connectivity index (χ1) is 26.5. The number of rotatable bonds is 11. The zero-order valence-corrected chi connectivity index (χ0v) is 30.8. The molecule has 2 N–H and O–H groups in total. The molecule has 4 heterocycles. The number of hydrogen-bond acceptors (Lipinski definition) is 11. The second kappa shape index (κ2) is 15.9. The van der Waals surface area contributed by atoms with Gasteiger partial charge in [0.2, 0.25) is 5.91 Å². The third-order valence-electron chi connectivity index (χ3n) is 11.1. The summed E-state index contributed by atoms with van der Waals surface area (Å²) >= 11 is 0. The van der Waals surface area contributed by atoms with Crippen LogP contribution in [0.5, 0.6) is 5.75 Å². The Morgan fingerprint density at radius 1 is 0.889 bits per heavy atom. The normalized spacial score (nSPS) is 19.7. The van der Waals surface area contributed by atoms with Crippen LogP contribution in [0.4, 0.5) is 28.7 Å². The molecule has 0 spiro atoms. The van der Waals surface area contributed by atoms with Gasteiger partial charge in [0.05, 0.1) is 48.5 Å². The van der Waals surface area contributed by atoms with E-state index in [1.54, 1.807) is 7.11 Å². The van der Waals surface area contributed by atoms with Crippen LogP contribution in [0.1, 0.15) is 49.3 Å². The predicted octanol–water partition coefficient (Wildman–Crippen LogP) is 6.52. The van der Waals surface area contributed by atoms with Crippen molar-refractivity contribution in [3.8, 4) is 22.9 Å². The van der Waals surface area contributed by atoms with E-state index in [-0.39, 0.29) is 11.9 Å². The quantitative estimate of drug-likeness (QED) is 0.164. The fraction of sp³-hybridized carbons (Fsp3) is 0.381. The Bertz CT molecular complexity index is 2030. The summed E-state index contributed by atoms with van der Waals surface area (Å²) in [5.41, 5.74) is 5.98. The van der Waals surface area contributed by atoms with Crippen molar-refractivity contribution in [3.05, 3.63) is 96.8 Å². The van der Waals surface area contributed by atoms with Gasteiger partial charge in [-0.2, -0.15) is 5.26 Å². The van der Waals surface area contributed by atoms with Crippen LogP contribution in [0.2, 0.25) is 0 Å². The number of benzene rings is 3. The highest BCUT2D eigenvalue weighted by Crippen LogP contribution is 2.41. The number of anilines is 5. The van der Waals surface area contributed by atoms with Crippen LogP contribution < -0.4 is 25.3 Å². The zero-order valence-electron chi connectivity index (χ0n) is 30.8. The minimum absolute atomic E-state index is 0.0714. The Hall–Kier alpha value is -5.48. The maximum atomic E-state index is 12.7. The number of aromatic nitrogens is 2. The van der Waals surface area contributed by atoms with Gasteiger partial charge < -0.3 is 20.3 Å². The van der Waals surface area contributed by atoms with Gasteiger partial charge >= 0.3 is 0 Å². The molecule has 3 aliphatic heterocycles. The second-order valence-corrected chi connectivity index (χ2v) is 14.5. The number of nitrogens with one attached hydrogen (secondary N) is 2. The van der Waals surface area contributed by atoms with E-state index in [4.69, 9.17) is 9.57 Å². The number of piperazine rings is 1. The van der Waals surface area contributed by atoms with Crippen molar-refractivity contribution in [2.75, 3.05) is 73.6 Å². The minimum Gasteiger partial charge on any atom is -0.494 e. The van der Waals surface area contributed by atoms with Gasteiger partial charge in [0.15, 0.2) is 5.82 Å². The highest BCUT2D eigenvalue weighted by molar-refractivity contribution is 6.02. The molecule has 1 aliphatic carbocycles. The molecule has 1 unspecified atom stereocenters. The number of ether oxygens (including phenoxy) is 1. The van der Waals surface area contributed by atoms with Crippen LogP contribution in [0.3, 0.4) is 0 Å². The molecule has 4 aliphatic rings. The molecule has 12 heteroatoms. The lowest BCUT2D eigenvalue weighted by atomic mass is 9.97. The molecule has 54 heavy (non-hydrogen) atoms. The number of methoxy groups -OCH3 is 1. The number of amides is 1. The first kappa shape index (κ1) is 35.5. The summed E-state index contributed by atoms with van der Waals surface area (Å²) in [5, 5.41) is 17.7. The van der Waals surface area contributed by atoms with Crippen molar-refractivity contribution in [2.45, 2.75) is 50.2 Å². The Kier molecular flexibility index (Phi) is 10.4. The number of nitrogens with zero attached hydrogens (tertiary/aromatic N) is 7. The van der Waals surface area contributed by atoms with Gasteiger partial charge in [0, 0.05) is 69.9 Å². The van der Waals surface area contributed by atoms with Crippen LogP contribution in [-0.2, 0) is 9.63 Å². The molecule has 4 aromatic rings. The Labute approximate surface area is 317 Å². The average molecular weight is 726 g/mol. The molecule has 8 rings (SSSR count). The molecule has 1 atom stereocenters. The van der Waals surface area contributed by atoms with Crippen molar-refractivity contribution in [3.63, 3.8) is 0 Å². The lowest BCUT2D eigenvalue weighted by Gasteiger charge is -2.43. The third-order valence-corrected chi connectivity index (χ3v) is 11.1. The standard InChI is InChI=1S/C42H47N9O3/c1-3-42(52)47-35-24-36(39(53-2)25-38(35)50-15-12-34(13-16-50)49-19-17-48(18-20-49)33-10-11-33)46-40-26-41(45-28-44-40)51-37(14-21-54-51)32-9-5-8-31(23-32)30-7-4-6-29(22-30)27-43/h3-9,22-26,28,33-34,37H,1,10-21H2,2H3,(H,47,52)(H,44,45,46). The van der Waals surface area contributed by atoms with Crippen LogP contribution in [0, 0.1) is 11.3 Å². The van der Waals surface area contributed by atoms with Crippen molar-refractivity contribution in [2.24, 2.45) is 0 Å². The summed E-state index contributed by atoms with van der Waals surface area (Å²) in [5.74, 6) is 1.51. The van der Waals surface area contributed by atoms with Crippen molar-refractivity contribution >= 4 is 34.6 Å². The van der Waals surface area contributed by atoms with Crippen molar-refractivity contribution < 1.29 is 14.4 Å². The number of hydroxylamine groups is 1. The van der Waals surface area contributed by atoms with Crippen molar-refractivity contribution in [1.82, 2.24) is 19.8 Å². The van der Waals surface area contributed by atoms with Crippen molar-refractivity contribution in [1.29, 1.82) is 5.26 Å². The number of hydrogen-bond donors (Lipinski definition) is 2. The van der Waals surface area contributed by atoms with E-state index in [1.165, 1.54) is 38.3 Å². The van der Waals surface area contributed by atoms with E-state index in [2.05, 4.69) is 66.1 Å². The fourth-order valence-electron chi connectivity index (χ4n) is 8.13. The lowest BCUT2D eigenvalue weighted by molar-refractivity contribution is -0.111. The number of nitriles is 1. The highest BCUT2D eigenvalue weighted by Gasteiger charge is 2.34. The number of piperidine rings is 1. The van der Waals surface area contributed by atoms with Gasteiger partial charge in [-0.1, -0.05) is 36.9 Å². The van der Waals surface area contributed by atoms with Gasteiger partial charge in [-0.05, 0) is 72.7 Å². The van der Waals surface area contributed by atoms with Gasteiger partial charge in [-0.25, -0.2) is 15.0 Å². The first-order valence-electron chi connectivity index (χ1n) is 19.0. The zero-order chi connectivity index (χ0) is 37.0. The highest BCUT2D eigenvalue weighted by atomic mass is 16.7. The average Bonchev–Trinajstić information content (AvgIpc) is 3.96. The topological polar surface area (TPSA) is 122 Å². The van der Waals surface area contributed by atoms with E-state index < -0.39 is 0 Å².